The molecule has 0 heterocycles. The molecule has 0 spiro atoms. The number of nitrogens with one attached hydrogen (secondary N) is 1. The van der Waals surface area contributed by atoms with E-state index in [-0.39, 0.29) is 5.92 Å². The van der Waals surface area contributed by atoms with E-state index in [2.05, 4.69) is 5.32 Å². The standard InChI is InChI=1S/C6H13NO/c1-5(4-8)6(2)7-3/h4-7H,1-3H3/t5-,6?/m0/s1. The van der Waals surface area contributed by atoms with Crippen molar-refractivity contribution >= 4 is 6.29 Å². The van der Waals surface area contributed by atoms with Gasteiger partial charge >= 0.3 is 0 Å². The van der Waals surface area contributed by atoms with Gasteiger partial charge in [-0.05, 0) is 14.0 Å². The lowest BCUT2D eigenvalue weighted by atomic mass is 10.1. The fourth-order valence-electron chi connectivity index (χ4n) is 0.381. The average molecular weight is 115 g/mol. The van der Waals surface area contributed by atoms with Crippen molar-refractivity contribution in [2.24, 2.45) is 5.92 Å². The van der Waals surface area contributed by atoms with E-state index in [9.17, 15) is 4.79 Å². The van der Waals surface area contributed by atoms with Crippen molar-refractivity contribution in [2.45, 2.75) is 19.9 Å². The average Bonchev–Trinajstić information content (AvgIpc) is 1.84. The highest BCUT2D eigenvalue weighted by atomic mass is 16.1. The third-order valence-electron chi connectivity index (χ3n) is 1.46. The third kappa shape index (κ3) is 2.07. The molecule has 2 atom stereocenters. The van der Waals surface area contributed by atoms with Gasteiger partial charge in [0.15, 0.2) is 0 Å². The second-order valence-corrected chi connectivity index (χ2v) is 2.07. The van der Waals surface area contributed by atoms with E-state index in [4.69, 9.17) is 0 Å². The van der Waals surface area contributed by atoms with Crippen LogP contribution in [0.3, 0.4) is 0 Å². The van der Waals surface area contributed by atoms with E-state index in [1.54, 1.807) is 0 Å². The van der Waals surface area contributed by atoms with Crippen molar-refractivity contribution in [1.82, 2.24) is 5.32 Å². The largest absolute Gasteiger partial charge is 0.317 e. The Morgan fingerprint density at radius 2 is 2.00 bits per heavy atom. The minimum atomic E-state index is 0.125. The molecule has 0 amide bonds. The molecular formula is C6H13NO. The molecular weight excluding hydrogens is 102 g/mol. The normalized spacial score (nSPS) is 17.4. The van der Waals surface area contributed by atoms with Gasteiger partial charge in [0.25, 0.3) is 0 Å². The monoisotopic (exact) mass is 115 g/mol. The molecule has 0 rings (SSSR count). The van der Waals surface area contributed by atoms with Crippen molar-refractivity contribution in [3.05, 3.63) is 0 Å². The Hall–Kier alpha value is -0.370. The summed E-state index contributed by atoms with van der Waals surface area (Å²) < 4.78 is 0. The van der Waals surface area contributed by atoms with Crippen molar-refractivity contribution in [2.75, 3.05) is 7.05 Å². The van der Waals surface area contributed by atoms with Gasteiger partial charge in [-0.3, -0.25) is 0 Å². The molecule has 0 radical (unpaired) electrons. The lowest BCUT2D eigenvalue weighted by molar-refractivity contribution is -0.111. The zero-order valence-electron chi connectivity index (χ0n) is 5.64. The van der Waals surface area contributed by atoms with Crippen molar-refractivity contribution in [3.8, 4) is 0 Å². The summed E-state index contributed by atoms with van der Waals surface area (Å²) in [6, 6.07) is 0.299. The molecule has 48 valence electrons. The van der Waals surface area contributed by atoms with Gasteiger partial charge in [0.1, 0.15) is 6.29 Å². The molecule has 0 bridgehead atoms. The van der Waals surface area contributed by atoms with Gasteiger partial charge in [0.2, 0.25) is 0 Å². The van der Waals surface area contributed by atoms with Crippen LogP contribution >= 0.6 is 0 Å². The first kappa shape index (κ1) is 7.63. The first-order valence-electron chi connectivity index (χ1n) is 2.85. The van der Waals surface area contributed by atoms with E-state index in [1.165, 1.54) is 0 Å². The highest BCUT2D eigenvalue weighted by Crippen LogP contribution is 1.95. The van der Waals surface area contributed by atoms with E-state index >= 15 is 0 Å². The predicted octanol–water partition coefficient (Wildman–Crippen LogP) is 0.429. The van der Waals surface area contributed by atoms with E-state index in [0.717, 1.165) is 6.29 Å². The smallest absolute Gasteiger partial charge is 0.124 e. The first-order valence-corrected chi connectivity index (χ1v) is 2.85. The fraction of sp³-hybridized carbons (Fsp3) is 0.833. The highest BCUT2D eigenvalue weighted by molar-refractivity contribution is 5.53. The molecule has 0 aliphatic heterocycles. The maximum atomic E-state index is 10.1. The fourth-order valence-corrected chi connectivity index (χ4v) is 0.381. The second-order valence-electron chi connectivity index (χ2n) is 2.07. The van der Waals surface area contributed by atoms with E-state index in [0.29, 0.717) is 6.04 Å². The molecule has 0 aromatic rings. The van der Waals surface area contributed by atoms with Crippen LogP contribution in [0.2, 0.25) is 0 Å². The summed E-state index contributed by atoms with van der Waals surface area (Å²) in [6.07, 6.45) is 0.959. The lowest BCUT2D eigenvalue weighted by Crippen LogP contribution is -2.29. The Morgan fingerprint density at radius 1 is 1.50 bits per heavy atom. The maximum Gasteiger partial charge on any atom is 0.124 e. The molecule has 0 saturated carbocycles. The van der Waals surface area contributed by atoms with Gasteiger partial charge in [-0.1, -0.05) is 6.92 Å². The van der Waals surface area contributed by atoms with Gasteiger partial charge < -0.3 is 10.1 Å². The van der Waals surface area contributed by atoms with Crippen LogP contribution in [-0.4, -0.2) is 19.4 Å². The summed E-state index contributed by atoms with van der Waals surface area (Å²) in [5, 5.41) is 2.98. The van der Waals surface area contributed by atoms with Crippen LogP contribution in [-0.2, 0) is 4.79 Å². The molecule has 0 fully saturated rings. The van der Waals surface area contributed by atoms with Crippen LogP contribution < -0.4 is 5.32 Å². The Labute approximate surface area is 50.3 Å². The Kier molecular flexibility index (Phi) is 3.44. The van der Waals surface area contributed by atoms with Gasteiger partial charge in [-0.15, -0.1) is 0 Å². The second kappa shape index (κ2) is 3.61. The summed E-state index contributed by atoms with van der Waals surface area (Å²) in [5.74, 6) is 0.125. The quantitative estimate of drug-likeness (QED) is 0.540. The molecule has 0 aliphatic carbocycles. The van der Waals surface area contributed by atoms with Crippen LogP contribution in [0.4, 0.5) is 0 Å². The van der Waals surface area contributed by atoms with Crippen molar-refractivity contribution in [1.29, 1.82) is 0 Å². The van der Waals surface area contributed by atoms with Crippen LogP contribution in [0, 0.1) is 5.92 Å². The maximum absolute atomic E-state index is 10.1. The zero-order chi connectivity index (χ0) is 6.57. The van der Waals surface area contributed by atoms with Gasteiger partial charge in [0.05, 0.1) is 0 Å². The third-order valence-corrected chi connectivity index (χ3v) is 1.46. The van der Waals surface area contributed by atoms with E-state index in [1.807, 2.05) is 20.9 Å². The van der Waals surface area contributed by atoms with Gasteiger partial charge in [-0.2, -0.15) is 0 Å². The van der Waals surface area contributed by atoms with Gasteiger partial charge in [-0.25, -0.2) is 0 Å². The Morgan fingerprint density at radius 3 is 2.12 bits per heavy atom. The topological polar surface area (TPSA) is 29.1 Å². The molecule has 0 aromatic carbocycles. The lowest BCUT2D eigenvalue weighted by Gasteiger charge is -2.11. The Balaban J connectivity index is 3.44. The summed E-state index contributed by atoms with van der Waals surface area (Å²) in [7, 11) is 1.85. The first-order chi connectivity index (χ1) is 3.72. The summed E-state index contributed by atoms with van der Waals surface area (Å²) in [6.45, 7) is 3.88. The number of aldehydes is 1. The van der Waals surface area contributed by atoms with Crippen LogP contribution in [0.15, 0.2) is 0 Å². The molecule has 2 nitrogen and oxygen atoms in total. The molecule has 0 saturated heterocycles. The molecule has 0 aromatic heterocycles. The van der Waals surface area contributed by atoms with Crippen LogP contribution in [0.1, 0.15) is 13.8 Å². The summed E-state index contributed by atoms with van der Waals surface area (Å²) in [5.41, 5.74) is 0. The van der Waals surface area contributed by atoms with Crippen molar-refractivity contribution in [3.63, 3.8) is 0 Å². The number of hydrogen-bond acceptors (Lipinski definition) is 2. The summed E-state index contributed by atoms with van der Waals surface area (Å²) in [4.78, 5) is 10.1. The number of hydrogen-bond donors (Lipinski definition) is 1. The van der Waals surface area contributed by atoms with Crippen LogP contribution in [0.5, 0.6) is 0 Å². The number of carbonyl (C=O) groups is 1. The van der Waals surface area contributed by atoms with E-state index < -0.39 is 0 Å². The van der Waals surface area contributed by atoms with Crippen molar-refractivity contribution < 1.29 is 4.79 Å². The molecule has 8 heavy (non-hydrogen) atoms. The minimum absolute atomic E-state index is 0.125. The predicted molar refractivity (Wildman–Crippen MR) is 33.7 cm³/mol. The number of carbonyl (C=O) groups excluding carboxylic acids is 1. The van der Waals surface area contributed by atoms with Crippen LogP contribution in [0.25, 0.3) is 0 Å². The molecule has 1 N–H and O–H groups in total. The number of rotatable bonds is 3. The minimum Gasteiger partial charge on any atom is -0.317 e. The Bertz CT molecular complexity index is 72.9. The highest BCUT2D eigenvalue weighted by Gasteiger charge is 2.06. The molecule has 1 unspecified atom stereocenters. The zero-order valence-corrected chi connectivity index (χ0v) is 5.64. The summed E-state index contributed by atoms with van der Waals surface area (Å²) >= 11 is 0. The van der Waals surface area contributed by atoms with Gasteiger partial charge in [0, 0.05) is 12.0 Å². The molecule has 0 aliphatic rings. The molecule has 2 heteroatoms. The SMILES string of the molecule is CNC(C)[C@@H](C)C=O.